The highest BCUT2D eigenvalue weighted by Gasteiger charge is 2.07. The number of nitrogens with two attached hydrogens (primary N) is 1. The van der Waals surface area contributed by atoms with E-state index in [0.29, 0.717) is 23.0 Å². The summed E-state index contributed by atoms with van der Waals surface area (Å²) in [7, 11) is 0. The van der Waals surface area contributed by atoms with Gasteiger partial charge in [0.1, 0.15) is 4.99 Å². The molecule has 0 amide bonds. The fourth-order valence-corrected chi connectivity index (χ4v) is 1.82. The van der Waals surface area contributed by atoms with Crippen molar-refractivity contribution in [1.29, 1.82) is 0 Å². The topological polar surface area (TPSA) is 61.0 Å². The average molecular weight is 267 g/mol. The van der Waals surface area contributed by atoms with E-state index in [4.69, 9.17) is 22.7 Å². The highest BCUT2D eigenvalue weighted by molar-refractivity contribution is 7.80. The number of unbranched alkanes of at least 4 members (excludes halogenated alkanes) is 5. The zero-order valence-electron chi connectivity index (χ0n) is 10.9. The largest absolute Gasteiger partial charge is 0.476 e. The maximum Gasteiger partial charge on any atom is 0.243 e. The van der Waals surface area contributed by atoms with Crippen molar-refractivity contribution in [3.63, 3.8) is 0 Å². The summed E-state index contributed by atoms with van der Waals surface area (Å²) in [6, 6.07) is 1.73. The van der Waals surface area contributed by atoms with Gasteiger partial charge in [-0.2, -0.15) is 5.10 Å². The predicted octanol–water partition coefficient (Wildman–Crippen LogP) is 2.85. The van der Waals surface area contributed by atoms with Gasteiger partial charge in [0, 0.05) is 0 Å². The smallest absolute Gasteiger partial charge is 0.243 e. The molecule has 2 N–H and O–H groups in total. The number of ether oxygens (including phenoxy) is 1. The molecule has 0 radical (unpaired) electrons. The predicted molar refractivity (Wildman–Crippen MR) is 76.8 cm³/mol. The first-order valence-corrected chi connectivity index (χ1v) is 6.90. The van der Waals surface area contributed by atoms with Crippen LogP contribution in [-0.2, 0) is 0 Å². The number of rotatable bonds is 9. The molecule has 0 aromatic carbocycles. The molecule has 5 heteroatoms. The second-order valence-electron chi connectivity index (χ2n) is 4.23. The maximum absolute atomic E-state index is 5.58. The molecule has 1 heterocycles. The van der Waals surface area contributed by atoms with Crippen molar-refractivity contribution in [3.8, 4) is 5.88 Å². The molecule has 0 bridgehead atoms. The maximum atomic E-state index is 5.58. The van der Waals surface area contributed by atoms with E-state index in [0.717, 1.165) is 6.42 Å². The second-order valence-corrected chi connectivity index (χ2v) is 4.67. The van der Waals surface area contributed by atoms with Gasteiger partial charge in [-0.25, -0.2) is 0 Å². The first-order valence-electron chi connectivity index (χ1n) is 6.50. The Labute approximate surface area is 114 Å². The Morgan fingerprint density at radius 1 is 1.28 bits per heavy atom. The van der Waals surface area contributed by atoms with Crippen molar-refractivity contribution in [1.82, 2.24) is 10.2 Å². The standard InChI is InChI=1S/C13H21N3OS/c1-2-3-4-5-6-7-10-17-13-11(12(14)18)8-9-15-16-13/h8-9H,2-7,10H2,1H3,(H2,14,18). The van der Waals surface area contributed by atoms with Gasteiger partial charge < -0.3 is 10.5 Å². The Morgan fingerprint density at radius 2 is 2.00 bits per heavy atom. The van der Waals surface area contributed by atoms with Crippen LogP contribution in [0.5, 0.6) is 5.88 Å². The Bertz CT molecular complexity index is 371. The van der Waals surface area contributed by atoms with Crippen LogP contribution in [0.1, 0.15) is 51.0 Å². The van der Waals surface area contributed by atoms with Gasteiger partial charge in [-0.05, 0) is 12.5 Å². The summed E-state index contributed by atoms with van der Waals surface area (Å²) in [5, 5.41) is 7.68. The van der Waals surface area contributed by atoms with E-state index in [1.165, 1.54) is 32.1 Å². The van der Waals surface area contributed by atoms with E-state index in [9.17, 15) is 0 Å². The number of hydrogen-bond donors (Lipinski definition) is 1. The van der Waals surface area contributed by atoms with E-state index in [1.54, 1.807) is 12.3 Å². The van der Waals surface area contributed by atoms with Crippen molar-refractivity contribution in [2.24, 2.45) is 5.73 Å². The van der Waals surface area contributed by atoms with Crippen LogP contribution in [-0.4, -0.2) is 21.8 Å². The van der Waals surface area contributed by atoms with Gasteiger partial charge in [0.2, 0.25) is 5.88 Å². The molecule has 0 saturated carbocycles. The zero-order valence-corrected chi connectivity index (χ0v) is 11.7. The molecule has 4 nitrogen and oxygen atoms in total. The van der Waals surface area contributed by atoms with Crippen LogP contribution >= 0.6 is 12.2 Å². The normalized spacial score (nSPS) is 10.3. The lowest BCUT2D eigenvalue weighted by molar-refractivity contribution is 0.289. The molecule has 0 atom stereocenters. The zero-order chi connectivity index (χ0) is 13.2. The van der Waals surface area contributed by atoms with Crippen LogP contribution in [0.15, 0.2) is 12.3 Å². The van der Waals surface area contributed by atoms with Crippen molar-refractivity contribution < 1.29 is 4.74 Å². The van der Waals surface area contributed by atoms with Gasteiger partial charge in [-0.1, -0.05) is 51.2 Å². The summed E-state index contributed by atoms with van der Waals surface area (Å²) in [6.45, 7) is 2.86. The second kappa shape index (κ2) is 8.80. The lowest BCUT2D eigenvalue weighted by Gasteiger charge is -2.08. The molecular weight excluding hydrogens is 246 g/mol. The monoisotopic (exact) mass is 267 g/mol. The van der Waals surface area contributed by atoms with Crippen molar-refractivity contribution in [3.05, 3.63) is 17.8 Å². The SMILES string of the molecule is CCCCCCCCOc1nnccc1C(N)=S. The molecule has 1 aromatic heterocycles. The number of aromatic nitrogens is 2. The van der Waals surface area contributed by atoms with Gasteiger partial charge in [0.05, 0.1) is 18.4 Å². The summed E-state index contributed by atoms with van der Waals surface area (Å²) in [4.78, 5) is 0.294. The van der Waals surface area contributed by atoms with Gasteiger partial charge in [0.15, 0.2) is 0 Å². The Hall–Kier alpha value is -1.23. The highest BCUT2D eigenvalue weighted by Crippen LogP contribution is 2.13. The van der Waals surface area contributed by atoms with Crippen LogP contribution in [0.3, 0.4) is 0 Å². The molecule has 100 valence electrons. The Kier molecular flexibility index (Phi) is 7.25. The molecule has 18 heavy (non-hydrogen) atoms. The van der Waals surface area contributed by atoms with Crippen LogP contribution in [0.2, 0.25) is 0 Å². The van der Waals surface area contributed by atoms with Crippen LogP contribution in [0.4, 0.5) is 0 Å². The number of nitrogens with zero attached hydrogens (tertiary/aromatic N) is 2. The van der Waals surface area contributed by atoms with Crippen LogP contribution < -0.4 is 10.5 Å². The molecule has 0 fully saturated rings. The van der Waals surface area contributed by atoms with Crippen LogP contribution in [0, 0.1) is 0 Å². The quantitative estimate of drug-likeness (QED) is 0.550. The van der Waals surface area contributed by atoms with Crippen molar-refractivity contribution in [2.45, 2.75) is 45.4 Å². The van der Waals surface area contributed by atoms with Crippen LogP contribution in [0.25, 0.3) is 0 Å². The van der Waals surface area contributed by atoms with E-state index >= 15 is 0 Å². The summed E-state index contributed by atoms with van der Waals surface area (Å²) in [5.74, 6) is 0.443. The van der Waals surface area contributed by atoms with Gasteiger partial charge in [0.25, 0.3) is 0 Å². The minimum absolute atomic E-state index is 0.294. The van der Waals surface area contributed by atoms with E-state index in [1.807, 2.05) is 0 Å². The molecule has 0 aliphatic rings. The first-order chi connectivity index (χ1) is 8.75. The lowest BCUT2D eigenvalue weighted by atomic mass is 10.1. The first kappa shape index (κ1) is 14.8. The minimum Gasteiger partial charge on any atom is -0.476 e. The molecule has 1 rings (SSSR count). The molecule has 0 saturated heterocycles. The minimum atomic E-state index is 0.294. The molecule has 0 unspecified atom stereocenters. The summed E-state index contributed by atoms with van der Waals surface area (Å²) in [5.41, 5.74) is 6.24. The van der Waals surface area contributed by atoms with E-state index < -0.39 is 0 Å². The third kappa shape index (κ3) is 5.40. The van der Waals surface area contributed by atoms with Gasteiger partial charge in [-0.15, -0.1) is 5.10 Å². The van der Waals surface area contributed by atoms with Crippen molar-refractivity contribution >= 4 is 17.2 Å². The van der Waals surface area contributed by atoms with Crippen molar-refractivity contribution in [2.75, 3.05) is 6.61 Å². The summed E-state index contributed by atoms with van der Waals surface area (Å²) in [6.07, 6.45) is 8.93. The molecule has 1 aromatic rings. The fourth-order valence-electron chi connectivity index (χ4n) is 1.66. The summed E-state index contributed by atoms with van der Waals surface area (Å²) >= 11 is 4.93. The third-order valence-electron chi connectivity index (χ3n) is 2.69. The van der Waals surface area contributed by atoms with Gasteiger partial charge in [-0.3, -0.25) is 0 Å². The average Bonchev–Trinajstić information content (AvgIpc) is 2.38. The fraction of sp³-hybridized carbons (Fsp3) is 0.615. The van der Waals surface area contributed by atoms with Gasteiger partial charge >= 0.3 is 0 Å². The lowest BCUT2D eigenvalue weighted by Crippen LogP contribution is -2.13. The molecule has 0 aliphatic carbocycles. The molecule has 0 spiro atoms. The third-order valence-corrected chi connectivity index (χ3v) is 2.91. The highest BCUT2D eigenvalue weighted by atomic mass is 32.1. The Balaban J connectivity index is 2.25. The molecular formula is C13H21N3OS. The van der Waals surface area contributed by atoms with E-state index in [2.05, 4.69) is 17.1 Å². The number of thiocarbonyl (C=S) groups is 1. The van der Waals surface area contributed by atoms with E-state index in [-0.39, 0.29) is 0 Å². The summed E-state index contributed by atoms with van der Waals surface area (Å²) < 4.78 is 5.56. The Morgan fingerprint density at radius 3 is 2.72 bits per heavy atom. The molecule has 0 aliphatic heterocycles. The number of hydrogen-bond acceptors (Lipinski definition) is 4.